The Morgan fingerprint density at radius 3 is 2.83 bits per heavy atom. The summed E-state index contributed by atoms with van der Waals surface area (Å²) in [4.78, 5) is 0. The molecule has 0 spiro atoms. The van der Waals surface area contributed by atoms with Gasteiger partial charge < -0.3 is 0 Å². The van der Waals surface area contributed by atoms with Crippen LogP contribution in [0.15, 0.2) is 11.2 Å². The Balaban J connectivity index is 2.45. The van der Waals surface area contributed by atoms with Gasteiger partial charge in [0.2, 0.25) is 0 Å². The van der Waals surface area contributed by atoms with Crippen molar-refractivity contribution in [2.24, 2.45) is 0 Å². The molecule has 0 fully saturated rings. The first-order chi connectivity index (χ1) is 2.89. The molecular formula is C4H5FS. The molecule has 0 aromatic heterocycles. The van der Waals surface area contributed by atoms with Gasteiger partial charge in [0.05, 0.1) is 0 Å². The zero-order valence-electron chi connectivity index (χ0n) is 3.28. The number of allylic oxidation sites excluding steroid dienone is 1. The lowest BCUT2D eigenvalue weighted by molar-refractivity contribution is 0.614. The molecule has 0 saturated heterocycles. The summed E-state index contributed by atoms with van der Waals surface area (Å²) in [5.41, 5.74) is 0. The van der Waals surface area contributed by atoms with Crippen LogP contribution in [0, 0.1) is 0 Å². The van der Waals surface area contributed by atoms with E-state index in [-0.39, 0.29) is 5.83 Å². The van der Waals surface area contributed by atoms with Crippen molar-refractivity contribution in [1.82, 2.24) is 0 Å². The summed E-state index contributed by atoms with van der Waals surface area (Å²) in [5, 5.41) is 1.57. The van der Waals surface area contributed by atoms with Crippen molar-refractivity contribution in [2.75, 3.05) is 5.75 Å². The van der Waals surface area contributed by atoms with E-state index >= 15 is 0 Å². The summed E-state index contributed by atoms with van der Waals surface area (Å²) in [6.45, 7) is 0. The lowest BCUT2D eigenvalue weighted by atomic mass is 10.5. The molecule has 0 nitrogen and oxygen atoms in total. The van der Waals surface area contributed by atoms with E-state index in [0.717, 1.165) is 5.75 Å². The summed E-state index contributed by atoms with van der Waals surface area (Å²) in [6, 6.07) is 0. The highest BCUT2D eigenvalue weighted by Crippen LogP contribution is 2.21. The second kappa shape index (κ2) is 1.65. The standard InChI is InChI=1S/C4H5FS/c5-4-1-2-6-3-4/h3H,1-2H2. The smallest absolute Gasteiger partial charge is 0.107 e. The van der Waals surface area contributed by atoms with E-state index in [2.05, 4.69) is 0 Å². The van der Waals surface area contributed by atoms with Gasteiger partial charge in [-0.3, -0.25) is 0 Å². The van der Waals surface area contributed by atoms with E-state index in [0.29, 0.717) is 6.42 Å². The van der Waals surface area contributed by atoms with Gasteiger partial charge in [0.15, 0.2) is 0 Å². The second-order valence-corrected chi connectivity index (χ2v) is 2.16. The first-order valence-electron chi connectivity index (χ1n) is 1.86. The molecular weight excluding hydrogens is 99.1 g/mol. The minimum atomic E-state index is 0.0417. The summed E-state index contributed by atoms with van der Waals surface area (Å²) < 4.78 is 11.8. The monoisotopic (exact) mass is 104 g/mol. The molecule has 2 heteroatoms. The molecule has 0 amide bonds. The lowest BCUT2D eigenvalue weighted by Gasteiger charge is -1.73. The maximum absolute atomic E-state index is 11.8. The molecule has 6 heavy (non-hydrogen) atoms. The van der Waals surface area contributed by atoms with E-state index in [1.807, 2.05) is 0 Å². The molecule has 0 aromatic carbocycles. The molecule has 0 saturated carbocycles. The van der Waals surface area contributed by atoms with Gasteiger partial charge in [0.25, 0.3) is 0 Å². The van der Waals surface area contributed by atoms with E-state index in [4.69, 9.17) is 0 Å². The van der Waals surface area contributed by atoms with Crippen LogP contribution in [-0.2, 0) is 0 Å². The fourth-order valence-electron chi connectivity index (χ4n) is 0.365. The van der Waals surface area contributed by atoms with Gasteiger partial charge in [-0.25, -0.2) is 4.39 Å². The van der Waals surface area contributed by atoms with E-state index in [9.17, 15) is 4.39 Å². The van der Waals surface area contributed by atoms with Crippen molar-refractivity contribution in [3.05, 3.63) is 11.2 Å². The van der Waals surface area contributed by atoms with Crippen molar-refractivity contribution in [3.63, 3.8) is 0 Å². The van der Waals surface area contributed by atoms with Crippen LogP contribution in [0.25, 0.3) is 0 Å². The van der Waals surface area contributed by atoms with Crippen molar-refractivity contribution >= 4 is 11.8 Å². The Morgan fingerprint density at radius 1 is 1.83 bits per heavy atom. The second-order valence-electron chi connectivity index (χ2n) is 1.19. The van der Waals surface area contributed by atoms with Gasteiger partial charge in [-0.15, -0.1) is 11.8 Å². The first kappa shape index (κ1) is 4.19. The van der Waals surface area contributed by atoms with Crippen LogP contribution < -0.4 is 0 Å². The van der Waals surface area contributed by atoms with Crippen LogP contribution in [0.4, 0.5) is 4.39 Å². The van der Waals surface area contributed by atoms with Crippen LogP contribution in [-0.4, -0.2) is 5.75 Å². The molecule has 0 aromatic rings. The normalized spacial score (nSPS) is 21.2. The molecule has 1 heterocycles. The first-order valence-corrected chi connectivity index (χ1v) is 2.90. The van der Waals surface area contributed by atoms with Crippen LogP contribution in [0.5, 0.6) is 0 Å². The van der Waals surface area contributed by atoms with E-state index in [1.165, 1.54) is 0 Å². The van der Waals surface area contributed by atoms with Crippen LogP contribution >= 0.6 is 11.8 Å². The van der Waals surface area contributed by atoms with E-state index < -0.39 is 0 Å². The molecule has 0 N–H and O–H groups in total. The van der Waals surface area contributed by atoms with Gasteiger partial charge in [0, 0.05) is 17.6 Å². The number of halogens is 1. The Bertz CT molecular complexity index is 77.6. The van der Waals surface area contributed by atoms with Crippen molar-refractivity contribution in [2.45, 2.75) is 6.42 Å². The van der Waals surface area contributed by atoms with Gasteiger partial charge in [-0.1, -0.05) is 0 Å². The minimum absolute atomic E-state index is 0.0417. The maximum Gasteiger partial charge on any atom is 0.107 e. The fourth-order valence-corrected chi connectivity index (χ4v) is 1.09. The number of thioether (sulfide) groups is 1. The van der Waals surface area contributed by atoms with Gasteiger partial charge in [-0.2, -0.15) is 0 Å². The van der Waals surface area contributed by atoms with Crippen LogP contribution in [0.3, 0.4) is 0 Å². The highest BCUT2D eigenvalue weighted by molar-refractivity contribution is 8.02. The zero-order valence-corrected chi connectivity index (χ0v) is 4.09. The average molecular weight is 104 g/mol. The molecule has 1 aliphatic heterocycles. The maximum atomic E-state index is 11.8. The topological polar surface area (TPSA) is 0 Å². The molecule has 1 aliphatic rings. The summed E-state index contributed by atoms with van der Waals surface area (Å²) >= 11 is 1.55. The summed E-state index contributed by atoms with van der Waals surface area (Å²) in [6.07, 6.45) is 0.644. The van der Waals surface area contributed by atoms with Gasteiger partial charge >= 0.3 is 0 Å². The molecule has 0 radical (unpaired) electrons. The summed E-state index contributed by atoms with van der Waals surface area (Å²) in [5.74, 6) is 0.978. The van der Waals surface area contributed by atoms with Crippen molar-refractivity contribution in [3.8, 4) is 0 Å². The van der Waals surface area contributed by atoms with Crippen molar-refractivity contribution < 1.29 is 4.39 Å². The highest BCUT2D eigenvalue weighted by atomic mass is 32.2. The molecule has 0 bridgehead atoms. The predicted octanol–water partition coefficient (Wildman–Crippen LogP) is 1.93. The third-order valence-electron chi connectivity index (χ3n) is 0.670. The SMILES string of the molecule is FC1=CSCC1. The van der Waals surface area contributed by atoms with Gasteiger partial charge in [0.1, 0.15) is 5.83 Å². The third-order valence-corrected chi connectivity index (χ3v) is 1.53. The highest BCUT2D eigenvalue weighted by Gasteiger charge is 2.00. The molecule has 0 unspecified atom stereocenters. The Morgan fingerprint density at radius 2 is 2.67 bits per heavy atom. The van der Waals surface area contributed by atoms with Crippen LogP contribution in [0.2, 0.25) is 0 Å². The molecule has 1 rings (SSSR count). The number of hydrogen-bond donors (Lipinski definition) is 0. The predicted molar refractivity (Wildman–Crippen MR) is 26.3 cm³/mol. The van der Waals surface area contributed by atoms with Crippen LogP contribution in [0.1, 0.15) is 6.42 Å². The Kier molecular flexibility index (Phi) is 1.15. The Labute approximate surface area is 40.4 Å². The fraction of sp³-hybridized carbons (Fsp3) is 0.500. The van der Waals surface area contributed by atoms with E-state index in [1.54, 1.807) is 17.2 Å². The molecule has 34 valence electrons. The largest absolute Gasteiger partial charge is 0.211 e. The number of rotatable bonds is 0. The summed E-state index contributed by atoms with van der Waals surface area (Å²) in [7, 11) is 0. The number of hydrogen-bond acceptors (Lipinski definition) is 1. The lowest BCUT2D eigenvalue weighted by Crippen LogP contribution is -1.64. The minimum Gasteiger partial charge on any atom is -0.211 e. The average Bonchev–Trinajstić information content (AvgIpc) is 1.86. The molecule has 0 atom stereocenters. The van der Waals surface area contributed by atoms with Gasteiger partial charge in [-0.05, 0) is 0 Å². The third kappa shape index (κ3) is 0.744. The quantitative estimate of drug-likeness (QED) is 0.452. The van der Waals surface area contributed by atoms with Crippen molar-refractivity contribution in [1.29, 1.82) is 0 Å². The molecule has 0 aliphatic carbocycles. The Hall–Kier alpha value is 0.0200. The zero-order chi connectivity index (χ0) is 4.41.